The lowest BCUT2D eigenvalue weighted by atomic mass is 10.0. The SMILES string of the molecule is O=C1CCCN1C1CCc2ccccc2O1. The Labute approximate surface area is 95.0 Å². The molecule has 3 rings (SSSR count). The summed E-state index contributed by atoms with van der Waals surface area (Å²) < 4.78 is 5.89. The molecule has 1 amide bonds. The third kappa shape index (κ3) is 1.56. The Hall–Kier alpha value is -1.51. The summed E-state index contributed by atoms with van der Waals surface area (Å²) >= 11 is 0. The van der Waals surface area contributed by atoms with Crippen LogP contribution in [0.1, 0.15) is 24.8 Å². The Morgan fingerprint density at radius 1 is 1.25 bits per heavy atom. The van der Waals surface area contributed by atoms with Gasteiger partial charge < -0.3 is 9.64 Å². The first-order valence-electron chi connectivity index (χ1n) is 5.88. The Morgan fingerprint density at radius 2 is 2.12 bits per heavy atom. The van der Waals surface area contributed by atoms with E-state index in [1.54, 1.807) is 0 Å². The zero-order valence-electron chi connectivity index (χ0n) is 9.19. The molecule has 1 fully saturated rings. The number of benzene rings is 1. The van der Waals surface area contributed by atoms with E-state index >= 15 is 0 Å². The van der Waals surface area contributed by atoms with Gasteiger partial charge in [-0.25, -0.2) is 0 Å². The first kappa shape index (κ1) is 9.70. The fourth-order valence-electron chi connectivity index (χ4n) is 2.50. The maximum Gasteiger partial charge on any atom is 0.225 e. The summed E-state index contributed by atoms with van der Waals surface area (Å²) in [6, 6.07) is 8.09. The largest absolute Gasteiger partial charge is 0.470 e. The van der Waals surface area contributed by atoms with Crippen LogP contribution in [0.4, 0.5) is 0 Å². The van der Waals surface area contributed by atoms with Gasteiger partial charge >= 0.3 is 0 Å². The number of hydrogen-bond donors (Lipinski definition) is 0. The molecule has 1 unspecified atom stereocenters. The Kier molecular flexibility index (Phi) is 2.31. The minimum absolute atomic E-state index is 0.0371. The van der Waals surface area contributed by atoms with E-state index in [-0.39, 0.29) is 12.1 Å². The second-order valence-corrected chi connectivity index (χ2v) is 4.41. The van der Waals surface area contributed by atoms with E-state index in [0.29, 0.717) is 6.42 Å². The molecule has 1 saturated heterocycles. The fraction of sp³-hybridized carbons (Fsp3) is 0.462. The van der Waals surface area contributed by atoms with Gasteiger partial charge in [0, 0.05) is 19.4 Å². The fourth-order valence-corrected chi connectivity index (χ4v) is 2.50. The van der Waals surface area contributed by atoms with Crippen molar-refractivity contribution in [3.8, 4) is 5.75 Å². The van der Waals surface area contributed by atoms with E-state index in [0.717, 1.165) is 31.6 Å². The van der Waals surface area contributed by atoms with Crippen LogP contribution in [-0.4, -0.2) is 23.6 Å². The number of carbonyl (C=O) groups is 1. The minimum Gasteiger partial charge on any atom is -0.470 e. The van der Waals surface area contributed by atoms with E-state index in [9.17, 15) is 4.79 Å². The van der Waals surface area contributed by atoms with E-state index < -0.39 is 0 Å². The van der Waals surface area contributed by atoms with Crippen molar-refractivity contribution in [1.29, 1.82) is 0 Å². The normalized spacial score (nSPS) is 24.1. The average Bonchev–Trinajstić information content (AvgIpc) is 2.75. The highest BCUT2D eigenvalue weighted by Crippen LogP contribution is 2.29. The van der Waals surface area contributed by atoms with Crippen LogP contribution in [0.5, 0.6) is 5.75 Å². The third-order valence-electron chi connectivity index (χ3n) is 3.35. The molecule has 16 heavy (non-hydrogen) atoms. The molecular weight excluding hydrogens is 202 g/mol. The van der Waals surface area contributed by atoms with Crippen molar-refractivity contribution in [2.24, 2.45) is 0 Å². The Bertz CT molecular complexity index is 416. The highest BCUT2D eigenvalue weighted by Gasteiger charge is 2.31. The topological polar surface area (TPSA) is 29.5 Å². The summed E-state index contributed by atoms with van der Waals surface area (Å²) in [6.07, 6.45) is 3.54. The molecule has 2 aliphatic heterocycles. The van der Waals surface area contributed by atoms with Gasteiger partial charge in [-0.2, -0.15) is 0 Å². The number of ether oxygens (including phenoxy) is 1. The Morgan fingerprint density at radius 3 is 2.94 bits per heavy atom. The van der Waals surface area contributed by atoms with Crippen LogP contribution in [-0.2, 0) is 11.2 Å². The van der Waals surface area contributed by atoms with Crippen molar-refractivity contribution in [1.82, 2.24) is 4.90 Å². The molecule has 0 radical (unpaired) electrons. The zero-order valence-corrected chi connectivity index (χ0v) is 9.19. The van der Waals surface area contributed by atoms with Gasteiger partial charge in [0.05, 0.1) is 0 Å². The van der Waals surface area contributed by atoms with E-state index in [2.05, 4.69) is 6.07 Å². The molecule has 3 nitrogen and oxygen atoms in total. The lowest BCUT2D eigenvalue weighted by Crippen LogP contribution is -2.42. The molecule has 0 N–H and O–H groups in total. The number of amides is 1. The first-order valence-corrected chi connectivity index (χ1v) is 5.88. The van der Waals surface area contributed by atoms with Gasteiger partial charge in [0.25, 0.3) is 0 Å². The van der Waals surface area contributed by atoms with Crippen LogP contribution >= 0.6 is 0 Å². The molecule has 0 bridgehead atoms. The summed E-state index contributed by atoms with van der Waals surface area (Å²) in [5.74, 6) is 1.18. The van der Waals surface area contributed by atoms with E-state index in [4.69, 9.17) is 4.74 Å². The van der Waals surface area contributed by atoms with Crippen molar-refractivity contribution in [2.75, 3.05) is 6.54 Å². The molecule has 0 spiro atoms. The third-order valence-corrected chi connectivity index (χ3v) is 3.35. The molecule has 0 saturated carbocycles. The number of hydrogen-bond acceptors (Lipinski definition) is 2. The molecular formula is C13H15NO2. The molecule has 1 atom stereocenters. The van der Waals surface area contributed by atoms with Crippen molar-refractivity contribution in [3.05, 3.63) is 29.8 Å². The summed E-state index contributed by atoms with van der Waals surface area (Å²) in [4.78, 5) is 13.5. The number of likely N-dealkylation sites (tertiary alicyclic amines) is 1. The van der Waals surface area contributed by atoms with Gasteiger partial charge in [-0.15, -0.1) is 0 Å². The maximum atomic E-state index is 11.6. The molecule has 1 aromatic rings. The molecule has 1 aromatic carbocycles. The van der Waals surface area contributed by atoms with Crippen LogP contribution in [0, 0.1) is 0 Å². The van der Waals surface area contributed by atoms with Crippen molar-refractivity contribution >= 4 is 5.91 Å². The highest BCUT2D eigenvalue weighted by atomic mass is 16.5. The van der Waals surface area contributed by atoms with Gasteiger partial charge in [-0.05, 0) is 24.5 Å². The van der Waals surface area contributed by atoms with Crippen LogP contribution < -0.4 is 4.74 Å². The van der Waals surface area contributed by atoms with E-state index in [1.165, 1.54) is 5.56 Å². The molecule has 0 aliphatic carbocycles. The monoisotopic (exact) mass is 217 g/mol. The smallest absolute Gasteiger partial charge is 0.225 e. The second-order valence-electron chi connectivity index (χ2n) is 4.41. The number of para-hydroxylation sites is 1. The number of carbonyl (C=O) groups excluding carboxylic acids is 1. The first-order chi connectivity index (χ1) is 7.84. The lowest BCUT2D eigenvalue weighted by molar-refractivity contribution is -0.135. The number of rotatable bonds is 1. The predicted molar refractivity (Wildman–Crippen MR) is 60.1 cm³/mol. The molecule has 84 valence electrons. The van der Waals surface area contributed by atoms with Gasteiger partial charge in [-0.1, -0.05) is 18.2 Å². The molecule has 2 aliphatic rings. The van der Waals surface area contributed by atoms with E-state index in [1.807, 2.05) is 23.1 Å². The minimum atomic E-state index is -0.0371. The average molecular weight is 217 g/mol. The summed E-state index contributed by atoms with van der Waals surface area (Å²) in [6.45, 7) is 0.853. The van der Waals surface area contributed by atoms with Crippen LogP contribution in [0.3, 0.4) is 0 Å². The van der Waals surface area contributed by atoms with Gasteiger partial charge in [0.2, 0.25) is 5.91 Å². The Balaban J connectivity index is 1.80. The van der Waals surface area contributed by atoms with Gasteiger partial charge in [0.15, 0.2) is 6.23 Å². The number of aryl methyl sites for hydroxylation is 1. The second kappa shape index (κ2) is 3.81. The van der Waals surface area contributed by atoms with Crippen molar-refractivity contribution in [3.63, 3.8) is 0 Å². The summed E-state index contributed by atoms with van der Waals surface area (Å²) in [5.41, 5.74) is 1.25. The van der Waals surface area contributed by atoms with Crippen molar-refractivity contribution < 1.29 is 9.53 Å². The highest BCUT2D eigenvalue weighted by molar-refractivity contribution is 5.78. The summed E-state index contributed by atoms with van der Waals surface area (Å²) in [7, 11) is 0. The lowest BCUT2D eigenvalue weighted by Gasteiger charge is -2.32. The maximum absolute atomic E-state index is 11.6. The van der Waals surface area contributed by atoms with Crippen LogP contribution in [0.15, 0.2) is 24.3 Å². The molecule has 3 heteroatoms. The van der Waals surface area contributed by atoms with Crippen LogP contribution in [0.25, 0.3) is 0 Å². The van der Waals surface area contributed by atoms with Crippen molar-refractivity contribution in [2.45, 2.75) is 31.9 Å². The predicted octanol–water partition coefficient (Wildman–Crippen LogP) is 1.96. The van der Waals surface area contributed by atoms with Gasteiger partial charge in [-0.3, -0.25) is 4.79 Å². The van der Waals surface area contributed by atoms with Crippen LogP contribution in [0.2, 0.25) is 0 Å². The molecule has 0 aromatic heterocycles. The summed E-state index contributed by atoms with van der Waals surface area (Å²) in [5, 5.41) is 0. The van der Waals surface area contributed by atoms with Gasteiger partial charge in [0.1, 0.15) is 5.75 Å². The number of nitrogens with zero attached hydrogens (tertiary/aromatic N) is 1. The molecule has 2 heterocycles. The zero-order chi connectivity index (χ0) is 11.0. The number of fused-ring (bicyclic) bond motifs is 1. The standard InChI is InChI=1S/C13H15NO2/c15-12-6-3-9-14(12)13-8-7-10-4-1-2-5-11(10)16-13/h1-2,4-5,13H,3,6-9H2. The quantitative estimate of drug-likeness (QED) is 0.719.